The minimum Gasteiger partial charge on any atom is -0.388 e. The van der Waals surface area contributed by atoms with Gasteiger partial charge < -0.3 is 10.4 Å². The van der Waals surface area contributed by atoms with Crippen LogP contribution in [0.1, 0.15) is 65.2 Å². The second-order valence-corrected chi connectivity index (χ2v) is 6.56. The van der Waals surface area contributed by atoms with E-state index in [0.717, 1.165) is 25.3 Å². The SMILES string of the molecule is CC(C)C1CCCC(O)(C2CCCCCN2)C1. The molecule has 1 saturated heterocycles. The Morgan fingerprint density at radius 1 is 1.12 bits per heavy atom. The van der Waals surface area contributed by atoms with E-state index < -0.39 is 5.60 Å². The van der Waals surface area contributed by atoms with Crippen LogP contribution in [0.25, 0.3) is 0 Å². The van der Waals surface area contributed by atoms with E-state index in [1.165, 1.54) is 38.5 Å². The lowest BCUT2D eigenvalue weighted by atomic mass is 9.70. The zero-order valence-electron chi connectivity index (χ0n) is 11.5. The highest BCUT2D eigenvalue weighted by atomic mass is 16.3. The Balaban J connectivity index is 2.00. The highest BCUT2D eigenvalue weighted by Gasteiger charge is 2.41. The summed E-state index contributed by atoms with van der Waals surface area (Å²) in [6.07, 6.45) is 9.60. The van der Waals surface area contributed by atoms with E-state index >= 15 is 0 Å². The van der Waals surface area contributed by atoms with Gasteiger partial charge in [-0.3, -0.25) is 0 Å². The molecule has 1 saturated carbocycles. The number of hydrogen-bond donors (Lipinski definition) is 2. The van der Waals surface area contributed by atoms with Crippen LogP contribution in [0, 0.1) is 11.8 Å². The van der Waals surface area contributed by atoms with Gasteiger partial charge in [-0.1, -0.05) is 33.1 Å². The molecule has 0 aromatic heterocycles. The van der Waals surface area contributed by atoms with Crippen LogP contribution in [-0.2, 0) is 0 Å². The maximum absolute atomic E-state index is 11.0. The van der Waals surface area contributed by atoms with Gasteiger partial charge in [0.1, 0.15) is 0 Å². The molecule has 2 N–H and O–H groups in total. The molecule has 0 radical (unpaired) electrons. The third kappa shape index (κ3) is 3.23. The molecule has 2 heteroatoms. The first-order valence-electron chi connectivity index (χ1n) is 7.57. The smallest absolute Gasteiger partial charge is 0.0802 e. The third-order valence-corrected chi connectivity index (χ3v) is 4.95. The van der Waals surface area contributed by atoms with Crippen molar-refractivity contribution < 1.29 is 5.11 Å². The Hall–Kier alpha value is -0.0800. The Bertz CT molecular complexity index is 233. The van der Waals surface area contributed by atoms with Gasteiger partial charge in [0.05, 0.1) is 5.60 Å². The molecule has 1 aliphatic carbocycles. The van der Waals surface area contributed by atoms with Gasteiger partial charge in [0.2, 0.25) is 0 Å². The first kappa shape index (κ1) is 13.4. The van der Waals surface area contributed by atoms with Crippen molar-refractivity contribution in [2.24, 2.45) is 11.8 Å². The molecular formula is C15H29NO. The summed E-state index contributed by atoms with van der Waals surface area (Å²) < 4.78 is 0. The van der Waals surface area contributed by atoms with Gasteiger partial charge in [0.15, 0.2) is 0 Å². The standard InChI is InChI=1S/C15H29NO/c1-12(2)13-7-6-9-15(17,11-13)14-8-4-3-5-10-16-14/h12-14,16-17H,3-11H2,1-2H3. The predicted molar refractivity (Wildman–Crippen MR) is 72.0 cm³/mol. The Morgan fingerprint density at radius 3 is 2.71 bits per heavy atom. The zero-order chi connectivity index (χ0) is 12.3. The summed E-state index contributed by atoms with van der Waals surface area (Å²) in [4.78, 5) is 0. The molecule has 1 aliphatic heterocycles. The molecule has 0 aromatic rings. The number of aliphatic hydroxyl groups is 1. The molecule has 3 atom stereocenters. The van der Waals surface area contributed by atoms with Crippen LogP contribution in [0.3, 0.4) is 0 Å². The van der Waals surface area contributed by atoms with Crippen LogP contribution in [0.5, 0.6) is 0 Å². The van der Waals surface area contributed by atoms with Gasteiger partial charge in [-0.05, 0) is 50.5 Å². The minimum absolute atomic E-state index is 0.353. The van der Waals surface area contributed by atoms with E-state index in [-0.39, 0.29) is 0 Å². The number of nitrogens with one attached hydrogen (secondary N) is 1. The average molecular weight is 239 g/mol. The average Bonchev–Trinajstić information content (AvgIpc) is 2.58. The van der Waals surface area contributed by atoms with E-state index in [1.807, 2.05) is 0 Å². The van der Waals surface area contributed by atoms with Gasteiger partial charge in [0.25, 0.3) is 0 Å². The van der Waals surface area contributed by atoms with Crippen molar-refractivity contribution in [3.8, 4) is 0 Å². The van der Waals surface area contributed by atoms with Crippen LogP contribution in [0.2, 0.25) is 0 Å². The minimum atomic E-state index is -0.419. The van der Waals surface area contributed by atoms with E-state index in [0.29, 0.717) is 12.0 Å². The quantitative estimate of drug-likeness (QED) is 0.776. The summed E-state index contributed by atoms with van der Waals surface area (Å²) in [6, 6.07) is 0.353. The van der Waals surface area contributed by atoms with Crippen LogP contribution in [0.4, 0.5) is 0 Å². The molecule has 100 valence electrons. The van der Waals surface area contributed by atoms with Crippen LogP contribution >= 0.6 is 0 Å². The normalized spacial score (nSPS) is 40.2. The number of rotatable bonds is 2. The van der Waals surface area contributed by atoms with E-state index in [4.69, 9.17) is 0 Å². The summed E-state index contributed by atoms with van der Waals surface area (Å²) in [5.41, 5.74) is -0.419. The molecule has 3 unspecified atom stereocenters. The molecule has 2 aliphatic rings. The monoisotopic (exact) mass is 239 g/mol. The molecule has 2 nitrogen and oxygen atoms in total. The second-order valence-electron chi connectivity index (χ2n) is 6.56. The molecule has 0 bridgehead atoms. The van der Waals surface area contributed by atoms with E-state index in [9.17, 15) is 5.11 Å². The lowest BCUT2D eigenvalue weighted by Gasteiger charge is -2.43. The van der Waals surface area contributed by atoms with Crippen molar-refractivity contribution >= 4 is 0 Å². The third-order valence-electron chi connectivity index (χ3n) is 4.95. The van der Waals surface area contributed by atoms with Gasteiger partial charge in [0, 0.05) is 6.04 Å². The zero-order valence-corrected chi connectivity index (χ0v) is 11.5. The van der Waals surface area contributed by atoms with Crippen molar-refractivity contribution in [3.05, 3.63) is 0 Å². The van der Waals surface area contributed by atoms with Crippen molar-refractivity contribution in [1.82, 2.24) is 5.32 Å². The highest BCUT2D eigenvalue weighted by molar-refractivity contribution is 4.97. The lowest BCUT2D eigenvalue weighted by molar-refractivity contribution is -0.0551. The molecule has 0 amide bonds. The van der Waals surface area contributed by atoms with Crippen molar-refractivity contribution in [3.63, 3.8) is 0 Å². The molecule has 0 aromatic carbocycles. The summed E-state index contributed by atoms with van der Waals surface area (Å²) in [5, 5.41) is 14.6. The fourth-order valence-electron chi connectivity index (χ4n) is 3.70. The van der Waals surface area contributed by atoms with Crippen molar-refractivity contribution in [2.75, 3.05) is 6.54 Å². The van der Waals surface area contributed by atoms with Gasteiger partial charge >= 0.3 is 0 Å². The van der Waals surface area contributed by atoms with Crippen molar-refractivity contribution in [1.29, 1.82) is 0 Å². The largest absolute Gasteiger partial charge is 0.388 e. The maximum Gasteiger partial charge on any atom is 0.0802 e. The van der Waals surface area contributed by atoms with Gasteiger partial charge in [-0.15, -0.1) is 0 Å². The molecule has 0 spiro atoms. The van der Waals surface area contributed by atoms with Crippen LogP contribution in [0.15, 0.2) is 0 Å². The van der Waals surface area contributed by atoms with Gasteiger partial charge in [-0.25, -0.2) is 0 Å². The lowest BCUT2D eigenvalue weighted by Crippen LogP contribution is -2.53. The summed E-state index contributed by atoms with van der Waals surface area (Å²) in [5.74, 6) is 1.44. The van der Waals surface area contributed by atoms with Gasteiger partial charge in [-0.2, -0.15) is 0 Å². The van der Waals surface area contributed by atoms with Crippen molar-refractivity contribution in [2.45, 2.75) is 76.9 Å². The topological polar surface area (TPSA) is 32.3 Å². The first-order valence-corrected chi connectivity index (χ1v) is 7.57. The Morgan fingerprint density at radius 2 is 1.94 bits per heavy atom. The van der Waals surface area contributed by atoms with E-state index in [2.05, 4.69) is 19.2 Å². The maximum atomic E-state index is 11.0. The predicted octanol–water partition coefficient (Wildman–Crippen LogP) is 3.10. The molecular weight excluding hydrogens is 210 g/mol. The Kier molecular flexibility index (Phi) is 4.48. The van der Waals surface area contributed by atoms with Crippen LogP contribution in [-0.4, -0.2) is 23.3 Å². The molecule has 2 fully saturated rings. The highest BCUT2D eigenvalue weighted by Crippen LogP contribution is 2.39. The van der Waals surface area contributed by atoms with E-state index in [1.54, 1.807) is 0 Å². The molecule has 1 heterocycles. The Labute approximate surface area is 106 Å². The summed E-state index contributed by atoms with van der Waals surface area (Å²) in [7, 11) is 0. The molecule has 2 rings (SSSR count). The summed E-state index contributed by atoms with van der Waals surface area (Å²) in [6.45, 7) is 5.70. The fourth-order valence-corrected chi connectivity index (χ4v) is 3.70. The number of hydrogen-bond acceptors (Lipinski definition) is 2. The molecule has 17 heavy (non-hydrogen) atoms. The first-order chi connectivity index (χ1) is 8.12. The summed E-state index contributed by atoms with van der Waals surface area (Å²) >= 11 is 0. The fraction of sp³-hybridized carbons (Fsp3) is 1.00. The van der Waals surface area contributed by atoms with Crippen LogP contribution < -0.4 is 5.32 Å². The second kappa shape index (κ2) is 5.71.